The Bertz CT molecular complexity index is 1460. The molecule has 1 fully saturated rings. The Kier molecular flexibility index (Phi) is 8.28. The van der Waals surface area contributed by atoms with Crippen LogP contribution >= 0.6 is 0 Å². The van der Waals surface area contributed by atoms with Crippen molar-refractivity contribution in [3.63, 3.8) is 0 Å². The summed E-state index contributed by atoms with van der Waals surface area (Å²) in [6.07, 6.45) is -3.42. The van der Waals surface area contributed by atoms with Crippen molar-refractivity contribution in [3.8, 4) is 11.1 Å². The third kappa shape index (κ3) is 7.19. The molecule has 0 bridgehead atoms. The lowest BCUT2D eigenvalue weighted by atomic mass is 10.0. The zero-order chi connectivity index (χ0) is 29.3. The van der Waals surface area contributed by atoms with Crippen LogP contribution in [0.5, 0.6) is 0 Å². The van der Waals surface area contributed by atoms with Gasteiger partial charge >= 0.3 is 6.18 Å². The first-order valence-electron chi connectivity index (χ1n) is 12.9. The second-order valence-electron chi connectivity index (χ2n) is 11.0. The number of pyridine rings is 1. The monoisotopic (exact) mass is 574 g/mol. The van der Waals surface area contributed by atoms with Gasteiger partial charge in [0.1, 0.15) is 5.82 Å². The summed E-state index contributed by atoms with van der Waals surface area (Å²) in [5.41, 5.74) is 1.61. The lowest BCUT2D eigenvalue weighted by Crippen LogP contribution is -2.49. The number of amides is 1. The Hall–Kier alpha value is -3.44. The first kappa shape index (κ1) is 29.5. The maximum absolute atomic E-state index is 13.1. The number of aromatic nitrogens is 1. The molecule has 3 aromatic rings. The van der Waals surface area contributed by atoms with Crippen molar-refractivity contribution in [2.24, 2.45) is 0 Å². The first-order valence-corrected chi connectivity index (χ1v) is 14.4. The van der Waals surface area contributed by atoms with Gasteiger partial charge in [-0.2, -0.15) is 13.2 Å². The van der Waals surface area contributed by atoms with Crippen molar-refractivity contribution in [2.75, 3.05) is 31.1 Å². The highest BCUT2D eigenvalue weighted by atomic mass is 32.2. The summed E-state index contributed by atoms with van der Waals surface area (Å²) in [5.74, 6) is 0.395. The van der Waals surface area contributed by atoms with Gasteiger partial charge in [-0.3, -0.25) is 4.79 Å². The van der Waals surface area contributed by atoms with E-state index in [1.54, 1.807) is 37.8 Å². The quantitative estimate of drug-likeness (QED) is 0.446. The third-order valence-corrected chi connectivity index (χ3v) is 8.33. The molecule has 214 valence electrons. The van der Waals surface area contributed by atoms with E-state index in [0.29, 0.717) is 37.6 Å². The number of halogens is 3. The number of carbonyl (C=O) groups is 1. The predicted molar refractivity (Wildman–Crippen MR) is 148 cm³/mol. The number of hydrogen-bond acceptors (Lipinski definition) is 5. The van der Waals surface area contributed by atoms with Crippen LogP contribution in [0.3, 0.4) is 0 Å². The Balaban J connectivity index is 1.40. The number of alkyl halides is 3. The van der Waals surface area contributed by atoms with Gasteiger partial charge in [0, 0.05) is 43.5 Å². The van der Waals surface area contributed by atoms with E-state index in [4.69, 9.17) is 0 Å². The van der Waals surface area contributed by atoms with Crippen LogP contribution in [0.15, 0.2) is 65.7 Å². The molecule has 0 aliphatic carbocycles. The van der Waals surface area contributed by atoms with Gasteiger partial charge in [-0.1, -0.05) is 42.0 Å². The maximum atomic E-state index is 13.1. The van der Waals surface area contributed by atoms with E-state index in [1.807, 2.05) is 42.2 Å². The number of rotatable bonds is 6. The molecule has 11 heteroatoms. The van der Waals surface area contributed by atoms with Crippen LogP contribution in [-0.4, -0.2) is 55.9 Å². The van der Waals surface area contributed by atoms with Crippen molar-refractivity contribution >= 4 is 21.7 Å². The van der Waals surface area contributed by atoms with Crippen molar-refractivity contribution in [2.45, 2.75) is 50.7 Å². The second kappa shape index (κ2) is 11.2. The molecule has 1 N–H and O–H groups in total. The van der Waals surface area contributed by atoms with Crippen molar-refractivity contribution in [1.82, 2.24) is 14.6 Å². The van der Waals surface area contributed by atoms with Crippen LogP contribution in [0.25, 0.3) is 11.1 Å². The summed E-state index contributed by atoms with van der Waals surface area (Å²) < 4.78 is 67.3. The molecule has 1 amide bonds. The van der Waals surface area contributed by atoms with Crippen molar-refractivity contribution < 1.29 is 26.4 Å². The van der Waals surface area contributed by atoms with Gasteiger partial charge in [0.2, 0.25) is 15.9 Å². The van der Waals surface area contributed by atoms with Gasteiger partial charge in [0.25, 0.3) is 0 Å². The number of aryl methyl sites for hydroxylation is 1. The molecule has 0 atom stereocenters. The molecule has 7 nitrogen and oxygen atoms in total. The molecule has 0 spiro atoms. The van der Waals surface area contributed by atoms with Gasteiger partial charge in [-0.25, -0.2) is 18.1 Å². The molecule has 1 aliphatic heterocycles. The highest BCUT2D eigenvalue weighted by Crippen LogP contribution is 2.31. The summed E-state index contributed by atoms with van der Waals surface area (Å²) >= 11 is 0. The van der Waals surface area contributed by atoms with Gasteiger partial charge in [0.05, 0.1) is 16.9 Å². The number of piperazine rings is 1. The van der Waals surface area contributed by atoms with Crippen LogP contribution in [0.4, 0.5) is 19.0 Å². The lowest BCUT2D eigenvalue weighted by Gasteiger charge is -2.35. The van der Waals surface area contributed by atoms with E-state index in [9.17, 15) is 26.4 Å². The number of benzene rings is 2. The van der Waals surface area contributed by atoms with Gasteiger partial charge in [-0.05, 0) is 57.0 Å². The van der Waals surface area contributed by atoms with E-state index in [-0.39, 0.29) is 17.2 Å². The standard InChI is InChI=1S/C29H33F3N4O3S/c1-20-5-11-25(40(38,39)34-28(2,3)4)24(17-20)22-8-6-21(7-9-22)18-27(37)36-15-13-35(14-16-36)26-12-10-23(19-33-26)29(30,31)32/h5-12,17,19,34H,13-16,18H2,1-4H3. The van der Waals surface area contributed by atoms with Gasteiger partial charge in [-0.15, -0.1) is 0 Å². The van der Waals surface area contributed by atoms with Crippen LogP contribution in [0.1, 0.15) is 37.5 Å². The number of sulfonamides is 1. The topological polar surface area (TPSA) is 82.6 Å². The van der Waals surface area contributed by atoms with E-state index < -0.39 is 27.3 Å². The second-order valence-corrected chi connectivity index (χ2v) is 12.7. The molecule has 2 heterocycles. The Morgan fingerprint density at radius 1 is 0.950 bits per heavy atom. The van der Waals surface area contributed by atoms with E-state index >= 15 is 0 Å². The van der Waals surface area contributed by atoms with Gasteiger partial charge < -0.3 is 9.80 Å². The summed E-state index contributed by atoms with van der Waals surface area (Å²) in [4.78, 5) is 20.7. The fraction of sp³-hybridized carbons (Fsp3) is 0.379. The first-order chi connectivity index (χ1) is 18.6. The number of nitrogens with one attached hydrogen (secondary N) is 1. The van der Waals surface area contributed by atoms with Crippen LogP contribution in [-0.2, 0) is 27.4 Å². The molecule has 1 saturated heterocycles. The van der Waals surface area contributed by atoms with Crippen molar-refractivity contribution in [3.05, 3.63) is 77.5 Å². The molecular formula is C29H33F3N4O3S. The van der Waals surface area contributed by atoms with Crippen molar-refractivity contribution in [1.29, 1.82) is 0 Å². The number of hydrogen-bond donors (Lipinski definition) is 1. The summed E-state index contributed by atoms with van der Waals surface area (Å²) in [6, 6.07) is 14.9. The number of carbonyl (C=O) groups excluding carboxylic acids is 1. The largest absolute Gasteiger partial charge is 0.417 e. The summed E-state index contributed by atoms with van der Waals surface area (Å²) in [5, 5.41) is 0. The summed E-state index contributed by atoms with van der Waals surface area (Å²) in [7, 11) is -3.76. The van der Waals surface area contributed by atoms with Crippen LogP contribution < -0.4 is 9.62 Å². The predicted octanol–water partition coefficient (Wildman–Crippen LogP) is 5.04. The fourth-order valence-electron chi connectivity index (χ4n) is 4.58. The Morgan fingerprint density at radius 3 is 2.15 bits per heavy atom. The van der Waals surface area contributed by atoms with Gasteiger partial charge in [0.15, 0.2) is 0 Å². The molecule has 4 rings (SSSR count). The fourth-order valence-corrected chi connectivity index (χ4v) is 6.21. The molecule has 0 radical (unpaired) electrons. The van der Waals surface area contributed by atoms with E-state index in [2.05, 4.69) is 9.71 Å². The number of nitrogens with zero attached hydrogens (tertiary/aromatic N) is 3. The third-order valence-electron chi connectivity index (χ3n) is 6.52. The lowest BCUT2D eigenvalue weighted by molar-refractivity contribution is -0.137. The zero-order valence-electron chi connectivity index (χ0n) is 22.9. The van der Waals surface area contributed by atoms with E-state index in [0.717, 1.165) is 29.0 Å². The highest BCUT2D eigenvalue weighted by molar-refractivity contribution is 7.89. The highest BCUT2D eigenvalue weighted by Gasteiger charge is 2.31. The minimum absolute atomic E-state index is 0.0546. The number of anilines is 1. The van der Waals surface area contributed by atoms with Crippen LogP contribution in [0.2, 0.25) is 0 Å². The molecule has 40 heavy (non-hydrogen) atoms. The van der Waals surface area contributed by atoms with E-state index in [1.165, 1.54) is 6.07 Å². The molecular weight excluding hydrogens is 541 g/mol. The molecule has 0 unspecified atom stereocenters. The minimum Gasteiger partial charge on any atom is -0.353 e. The molecule has 1 aromatic heterocycles. The minimum atomic E-state index is -4.43. The molecule has 1 aliphatic rings. The smallest absolute Gasteiger partial charge is 0.353 e. The molecule has 0 saturated carbocycles. The van der Waals surface area contributed by atoms with Crippen LogP contribution in [0, 0.1) is 6.92 Å². The zero-order valence-corrected chi connectivity index (χ0v) is 23.7. The maximum Gasteiger partial charge on any atom is 0.417 e. The SMILES string of the molecule is Cc1ccc(S(=O)(=O)NC(C)(C)C)c(-c2ccc(CC(=O)N3CCN(c4ccc(C(F)(F)F)cn4)CC3)cc2)c1. The summed E-state index contributed by atoms with van der Waals surface area (Å²) in [6.45, 7) is 9.07. The Labute approximate surface area is 233 Å². The average Bonchev–Trinajstić information content (AvgIpc) is 2.87. The molecule has 2 aromatic carbocycles. The average molecular weight is 575 g/mol. The Morgan fingerprint density at radius 2 is 1.60 bits per heavy atom. The normalized spacial score (nSPS) is 14.9.